The molecule has 2 amide bonds. The zero-order chi connectivity index (χ0) is 19.6. The second-order valence-corrected chi connectivity index (χ2v) is 5.76. The first-order valence-corrected chi connectivity index (χ1v) is 7.93. The lowest BCUT2D eigenvalue weighted by molar-refractivity contribution is -0.116. The highest BCUT2D eigenvalue weighted by Crippen LogP contribution is 2.23. The molecule has 2 rings (SSSR count). The maximum atomic E-state index is 13.3. The molecule has 26 heavy (non-hydrogen) atoms. The molecule has 0 radical (unpaired) electrons. The minimum Gasteiger partial charge on any atom is -0.349 e. The number of ketones is 1. The molecule has 1 heterocycles. The van der Waals surface area contributed by atoms with Crippen LogP contribution in [0.5, 0.6) is 0 Å². The Hall–Kier alpha value is -3.03. The van der Waals surface area contributed by atoms with Crippen LogP contribution in [0.2, 0.25) is 0 Å². The minimum atomic E-state index is -1.09. The lowest BCUT2D eigenvalue weighted by atomic mass is 10.0. The highest BCUT2D eigenvalue weighted by molar-refractivity contribution is 6.43. The van der Waals surface area contributed by atoms with Gasteiger partial charge in [-0.25, -0.2) is 8.78 Å². The van der Waals surface area contributed by atoms with Crippen molar-refractivity contribution < 1.29 is 23.2 Å². The number of rotatable bonds is 5. The molecule has 138 valence electrons. The first-order chi connectivity index (χ1) is 12.2. The van der Waals surface area contributed by atoms with Crippen LogP contribution in [-0.2, 0) is 11.8 Å². The Balaban J connectivity index is 2.39. The normalized spacial score (nSPS) is 10.5. The van der Waals surface area contributed by atoms with E-state index in [0.29, 0.717) is 17.8 Å². The lowest BCUT2D eigenvalue weighted by Gasteiger charge is -2.08. The van der Waals surface area contributed by atoms with Crippen molar-refractivity contribution in [2.24, 2.45) is 7.05 Å². The molecule has 1 aromatic carbocycles. The highest BCUT2D eigenvalue weighted by atomic mass is 19.2. The first kappa shape index (κ1) is 19.3. The summed E-state index contributed by atoms with van der Waals surface area (Å²) in [6.45, 7) is 5.17. The van der Waals surface area contributed by atoms with Gasteiger partial charge in [-0.2, -0.15) is 0 Å². The first-order valence-electron chi connectivity index (χ1n) is 7.93. The summed E-state index contributed by atoms with van der Waals surface area (Å²) in [5, 5.41) is 4.90. The Bertz CT molecular complexity index is 904. The maximum Gasteiger partial charge on any atom is 0.292 e. The van der Waals surface area contributed by atoms with Gasteiger partial charge in [0.25, 0.3) is 17.6 Å². The number of hydrogen-bond acceptors (Lipinski definition) is 3. The Morgan fingerprint density at radius 1 is 1.12 bits per heavy atom. The van der Waals surface area contributed by atoms with Crippen molar-refractivity contribution in [3.8, 4) is 0 Å². The molecule has 0 saturated heterocycles. The van der Waals surface area contributed by atoms with E-state index in [2.05, 4.69) is 10.6 Å². The standard InChI is InChI=1S/C18H19F2N3O3/c1-5-21-18(26)16(24)14-9(2)15(23(4)10(14)3)17(25)22-11-6-7-12(19)13(20)8-11/h6-8H,5H2,1-4H3,(H,21,26)(H,22,25). The number of halogens is 2. The Labute approximate surface area is 149 Å². The van der Waals surface area contributed by atoms with Gasteiger partial charge in [0.15, 0.2) is 11.6 Å². The van der Waals surface area contributed by atoms with Crippen molar-refractivity contribution in [1.29, 1.82) is 0 Å². The molecule has 0 atom stereocenters. The predicted molar refractivity (Wildman–Crippen MR) is 92.2 cm³/mol. The number of carbonyl (C=O) groups is 3. The molecule has 0 aliphatic carbocycles. The predicted octanol–water partition coefficient (Wildman–Crippen LogP) is 2.49. The number of benzene rings is 1. The van der Waals surface area contributed by atoms with E-state index in [1.165, 1.54) is 10.6 Å². The summed E-state index contributed by atoms with van der Waals surface area (Å²) in [5.41, 5.74) is 1.16. The third kappa shape index (κ3) is 3.49. The van der Waals surface area contributed by atoms with Crippen LogP contribution < -0.4 is 10.6 Å². The fraction of sp³-hybridized carbons (Fsp3) is 0.278. The number of nitrogens with one attached hydrogen (secondary N) is 2. The molecule has 2 N–H and O–H groups in total. The summed E-state index contributed by atoms with van der Waals surface area (Å²) in [6, 6.07) is 2.99. The average Bonchev–Trinajstić information content (AvgIpc) is 2.80. The molecule has 0 fully saturated rings. The van der Waals surface area contributed by atoms with E-state index in [4.69, 9.17) is 0 Å². The summed E-state index contributed by atoms with van der Waals surface area (Å²) in [7, 11) is 1.58. The van der Waals surface area contributed by atoms with Gasteiger partial charge < -0.3 is 15.2 Å². The number of carbonyl (C=O) groups excluding carboxylic acids is 3. The molecule has 0 aliphatic heterocycles. The maximum absolute atomic E-state index is 13.3. The molecular weight excluding hydrogens is 344 g/mol. The number of nitrogens with zero attached hydrogens (tertiary/aromatic N) is 1. The van der Waals surface area contributed by atoms with Gasteiger partial charge in [-0.05, 0) is 38.5 Å². The van der Waals surface area contributed by atoms with E-state index in [-0.39, 0.29) is 16.9 Å². The minimum absolute atomic E-state index is 0.0729. The van der Waals surface area contributed by atoms with Crippen molar-refractivity contribution in [2.75, 3.05) is 11.9 Å². The van der Waals surface area contributed by atoms with E-state index in [9.17, 15) is 23.2 Å². The van der Waals surface area contributed by atoms with Gasteiger partial charge >= 0.3 is 0 Å². The van der Waals surface area contributed by atoms with Gasteiger partial charge in [-0.1, -0.05) is 0 Å². The fourth-order valence-electron chi connectivity index (χ4n) is 2.75. The van der Waals surface area contributed by atoms with E-state index >= 15 is 0 Å². The third-order valence-corrected chi connectivity index (χ3v) is 4.09. The summed E-state index contributed by atoms with van der Waals surface area (Å²) < 4.78 is 27.8. The molecule has 0 aliphatic rings. The van der Waals surface area contributed by atoms with Gasteiger partial charge in [0.05, 0.1) is 5.56 Å². The van der Waals surface area contributed by atoms with Crippen molar-refractivity contribution in [3.05, 3.63) is 52.3 Å². The molecule has 1 aromatic heterocycles. The van der Waals surface area contributed by atoms with Crippen LogP contribution in [-0.4, -0.2) is 28.7 Å². The number of hydrogen-bond donors (Lipinski definition) is 2. The molecule has 0 unspecified atom stereocenters. The lowest BCUT2D eigenvalue weighted by Crippen LogP contribution is -2.31. The Morgan fingerprint density at radius 3 is 2.35 bits per heavy atom. The van der Waals surface area contributed by atoms with Crippen LogP contribution in [0.1, 0.15) is 39.0 Å². The van der Waals surface area contributed by atoms with Crippen molar-refractivity contribution in [2.45, 2.75) is 20.8 Å². The molecule has 8 heteroatoms. The van der Waals surface area contributed by atoms with Gasteiger partial charge in [0.2, 0.25) is 0 Å². The van der Waals surface area contributed by atoms with Crippen molar-refractivity contribution in [1.82, 2.24) is 9.88 Å². The van der Waals surface area contributed by atoms with Gasteiger partial charge in [-0.3, -0.25) is 14.4 Å². The molecule has 2 aromatic rings. The highest BCUT2D eigenvalue weighted by Gasteiger charge is 2.28. The van der Waals surface area contributed by atoms with E-state index in [1.807, 2.05) is 0 Å². The molecule has 6 nitrogen and oxygen atoms in total. The monoisotopic (exact) mass is 363 g/mol. The summed E-state index contributed by atoms with van der Waals surface area (Å²) in [4.78, 5) is 36.8. The number of anilines is 1. The van der Waals surface area contributed by atoms with E-state index in [0.717, 1.165) is 12.1 Å². The van der Waals surface area contributed by atoms with Gasteiger partial charge in [0.1, 0.15) is 5.69 Å². The van der Waals surface area contributed by atoms with Crippen LogP contribution in [0.15, 0.2) is 18.2 Å². The smallest absolute Gasteiger partial charge is 0.292 e. The van der Waals surface area contributed by atoms with E-state index in [1.54, 1.807) is 27.8 Å². The SMILES string of the molecule is CCNC(=O)C(=O)c1c(C)c(C(=O)Nc2ccc(F)c(F)c2)n(C)c1C. The zero-order valence-electron chi connectivity index (χ0n) is 14.9. The second-order valence-electron chi connectivity index (χ2n) is 5.76. The Morgan fingerprint density at radius 2 is 1.77 bits per heavy atom. The van der Waals surface area contributed by atoms with Gasteiger partial charge in [0, 0.05) is 31.0 Å². The summed E-state index contributed by atoms with van der Waals surface area (Å²) in [5.74, 6) is -4.20. The molecule has 0 bridgehead atoms. The van der Waals surface area contributed by atoms with Crippen LogP contribution in [0.25, 0.3) is 0 Å². The Kier molecular flexibility index (Phi) is 5.54. The van der Waals surface area contributed by atoms with Crippen LogP contribution in [0.3, 0.4) is 0 Å². The second kappa shape index (κ2) is 7.47. The molecular formula is C18H19F2N3O3. The summed E-state index contributed by atoms with van der Waals surface area (Å²) in [6.07, 6.45) is 0. The third-order valence-electron chi connectivity index (χ3n) is 4.09. The van der Waals surface area contributed by atoms with E-state index < -0.39 is 29.2 Å². The van der Waals surface area contributed by atoms with Crippen LogP contribution in [0, 0.1) is 25.5 Å². The number of aromatic nitrogens is 1. The van der Waals surface area contributed by atoms with Crippen LogP contribution >= 0.6 is 0 Å². The molecule has 0 spiro atoms. The largest absolute Gasteiger partial charge is 0.349 e. The van der Waals surface area contributed by atoms with Crippen molar-refractivity contribution in [3.63, 3.8) is 0 Å². The quantitative estimate of drug-likeness (QED) is 0.633. The zero-order valence-corrected chi connectivity index (χ0v) is 14.9. The summed E-state index contributed by atoms with van der Waals surface area (Å²) >= 11 is 0. The number of likely N-dealkylation sites (N-methyl/N-ethyl adjacent to an activating group) is 1. The van der Waals surface area contributed by atoms with Crippen molar-refractivity contribution >= 4 is 23.3 Å². The number of Topliss-reactive ketones (excluding diaryl/α,β-unsaturated/α-hetero) is 1. The number of amides is 2. The topological polar surface area (TPSA) is 80.2 Å². The fourth-order valence-corrected chi connectivity index (χ4v) is 2.75. The molecule has 0 saturated carbocycles. The van der Waals surface area contributed by atoms with Gasteiger partial charge in [-0.15, -0.1) is 0 Å². The van der Waals surface area contributed by atoms with Crippen LogP contribution in [0.4, 0.5) is 14.5 Å². The average molecular weight is 363 g/mol.